The molecule has 0 saturated carbocycles. The number of benzene rings is 3. The van der Waals surface area contributed by atoms with Crippen molar-refractivity contribution in [3.63, 3.8) is 0 Å². The maximum absolute atomic E-state index is 13.2. The highest BCUT2D eigenvalue weighted by molar-refractivity contribution is 9.10. The number of aryl methyl sites for hydroxylation is 1. The van der Waals surface area contributed by atoms with E-state index in [0.717, 1.165) is 21.2 Å². The lowest BCUT2D eigenvalue weighted by Crippen LogP contribution is -2.04. The number of rotatable bonds is 5. The van der Waals surface area contributed by atoms with Crippen molar-refractivity contribution in [1.82, 2.24) is 0 Å². The van der Waals surface area contributed by atoms with Crippen LogP contribution < -0.4 is 9.47 Å². The monoisotopic (exact) mass is 410 g/mol. The number of hydrogen-bond acceptors (Lipinski definition) is 3. The smallest absolute Gasteiger partial charge is 0.193 e. The van der Waals surface area contributed by atoms with Crippen molar-refractivity contribution in [3.05, 3.63) is 81.8 Å². The second-order valence-electron chi connectivity index (χ2n) is 5.95. The van der Waals surface area contributed by atoms with E-state index >= 15 is 0 Å². The van der Waals surface area contributed by atoms with E-state index in [1.165, 1.54) is 0 Å². The van der Waals surface area contributed by atoms with E-state index in [2.05, 4.69) is 15.9 Å². The summed E-state index contributed by atoms with van der Waals surface area (Å²) in [5.74, 6) is 1.36. The molecular weight excluding hydrogens is 392 g/mol. The van der Waals surface area contributed by atoms with Crippen molar-refractivity contribution in [2.24, 2.45) is 0 Å². The van der Waals surface area contributed by atoms with Crippen LogP contribution in [0.15, 0.2) is 65.1 Å². The molecule has 4 heteroatoms. The summed E-state index contributed by atoms with van der Waals surface area (Å²) in [6, 6.07) is 18.8. The number of ketones is 1. The van der Waals surface area contributed by atoms with E-state index in [4.69, 9.17) is 9.47 Å². The number of halogens is 1. The Morgan fingerprint density at radius 1 is 0.885 bits per heavy atom. The van der Waals surface area contributed by atoms with Crippen molar-refractivity contribution in [1.29, 1.82) is 0 Å². The van der Waals surface area contributed by atoms with Gasteiger partial charge >= 0.3 is 0 Å². The van der Waals surface area contributed by atoms with Crippen molar-refractivity contribution in [2.45, 2.75) is 6.92 Å². The van der Waals surface area contributed by atoms with Gasteiger partial charge in [0.15, 0.2) is 5.78 Å². The van der Waals surface area contributed by atoms with Crippen LogP contribution in [0.2, 0.25) is 0 Å². The van der Waals surface area contributed by atoms with E-state index in [-0.39, 0.29) is 5.78 Å². The van der Waals surface area contributed by atoms with Gasteiger partial charge in [0.2, 0.25) is 0 Å². The number of ether oxygens (including phenoxy) is 2. The molecule has 3 aromatic carbocycles. The highest BCUT2D eigenvalue weighted by Gasteiger charge is 2.18. The summed E-state index contributed by atoms with van der Waals surface area (Å²) in [5, 5.41) is 0. The van der Waals surface area contributed by atoms with Crippen LogP contribution in [0, 0.1) is 6.92 Å². The third kappa shape index (κ3) is 3.65. The van der Waals surface area contributed by atoms with E-state index in [0.29, 0.717) is 22.6 Å². The van der Waals surface area contributed by atoms with Crippen LogP contribution in [0.1, 0.15) is 21.5 Å². The summed E-state index contributed by atoms with van der Waals surface area (Å²) in [4.78, 5) is 13.2. The molecule has 0 bridgehead atoms. The zero-order chi connectivity index (χ0) is 18.7. The maximum atomic E-state index is 13.2. The Morgan fingerprint density at radius 2 is 1.69 bits per heavy atom. The molecule has 26 heavy (non-hydrogen) atoms. The molecule has 0 aliphatic rings. The Kier molecular flexibility index (Phi) is 5.43. The molecule has 0 N–H and O–H groups in total. The second kappa shape index (κ2) is 7.75. The highest BCUT2D eigenvalue weighted by Crippen LogP contribution is 2.37. The Hall–Kier alpha value is -2.59. The standard InChI is InChI=1S/C22H19BrO3/c1-14-5-4-6-15(11-14)22(24)18-9-7-16(23)12-19(18)20-13-17(25-2)8-10-21(20)26-3/h4-13H,1-3H3. The summed E-state index contributed by atoms with van der Waals surface area (Å²) < 4.78 is 11.8. The van der Waals surface area contributed by atoms with Gasteiger partial charge in [-0.05, 0) is 55.0 Å². The maximum Gasteiger partial charge on any atom is 0.193 e. The molecule has 0 atom stereocenters. The first-order valence-electron chi connectivity index (χ1n) is 8.17. The van der Waals surface area contributed by atoms with Crippen molar-refractivity contribution in [2.75, 3.05) is 14.2 Å². The first-order chi connectivity index (χ1) is 12.5. The molecule has 0 unspecified atom stereocenters. The molecule has 0 aromatic heterocycles. The molecule has 0 amide bonds. The first kappa shape index (κ1) is 18.2. The largest absolute Gasteiger partial charge is 0.497 e. The van der Waals surface area contributed by atoms with Gasteiger partial charge in [0.25, 0.3) is 0 Å². The van der Waals surface area contributed by atoms with Gasteiger partial charge in [-0.25, -0.2) is 0 Å². The third-order valence-corrected chi connectivity index (χ3v) is 4.70. The molecular formula is C22H19BrO3. The molecule has 3 nitrogen and oxygen atoms in total. The predicted molar refractivity (Wildman–Crippen MR) is 107 cm³/mol. The van der Waals surface area contributed by atoms with Crippen LogP contribution in [0.3, 0.4) is 0 Å². The van der Waals surface area contributed by atoms with Crippen LogP contribution in [0.5, 0.6) is 11.5 Å². The lowest BCUT2D eigenvalue weighted by atomic mass is 9.93. The summed E-state index contributed by atoms with van der Waals surface area (Å²) >= 11 is 3.51. The predicted octanol–water partition coefficient (Wildman–Crippen LogP) is 5.67. The van der Waals surface area contributed by atoms with Crippen LogP contribution in [-0.2, 0) is 0 Å². The SMILES string of the molecule is COc1ccc(OC)c(-c2cc(Br)ccc2C(=O)c2cccc(C)c2)c1. The fraction of sp³-hybridized carbons (Fsp3) is 0.136. The minimum Gasteiger partial charge on any atom is -0.497 e. The van der Waals surface area contributed by atoms with Crippen molar-refractivity contribution < 1.29 is 14.3 Å². The lowest BCUT2D eigenvalue weighted by molar-refractivity contribution is 0.103. The topological polar surface area (TPSA) is 35.5 Å². The molecule has 0 aliphatic heterocycles. The molecule has 3 aromatic rings. The third-order valence-electron chi connectivity index (χ3n) is 4.20. The molecule has 0 fully saturated rings. The molecule has 0 aliphatic carbocycles. The number of methoxy groups -OCH3 is 2. The van der Waals surface area contributed by atoms with Gasteiger partial charge in [-0.1, -0.05) is 39.7 Å². The zero-order valence-corrected chi connectivity index (χ0v) is 16.5. The van der Waals surface area contributed by atoms with Crippen LogP contribution >= 0.6 is 15.9 Å². The first-order valence-corrected chi connectivity index (χ1v) is 8.96. The van der Waals surface area contributed by atoms with Gasteiger partial charge < -0.3 is 9.47 Å². The van der Waals surface area contributed by atoms with E-state index in [1.54, 1.807) is 14.2 Å². The van der Waals surface area contributed by atoms with Crippen molar-refractivity contribution >= 4 is 21.7 Å². The van der Waals surface area contributed by atoms with Crippen LogP contribution in [0.25, 0.3) is 11.1 Å². The Balaban J connectivity index is 2.20. The molecule has 3 rings (SSSR count). The number of carbonyl (C=O) groups excluding carboxylic acids is 1. The van der Waals surface area contributed by atoms with E-state index in [1.807, 2.05) is 67.6 Å². The zero-order valence-electron chi connectivity index (χ0n) is 14.9. The van der Waals surface area contributed by atoms with Gasteiger partial charge in [-0.2, -0.15) is 0 Å². The van der Waals surface area contributed by atoms with E-state index < -0.39 is 0 Å². The summed E-state index contributed by atoms with van der Waals surface area (Å²) in [6.07, 6.45) is 0. The van der Waals surface area contributed by atoms with Gasteiger partial charge in [0.1, 0.15) is 11.5 Å². The molecule has 0 heterocycles. The van der Waals surface area contributed by atoms with Crippen molar-refractivity contribution in [3.8, 4) is 22.6 Å². The quantitative estimate of drug-likeness (QED) is 0.508. The summed E-state index contributed by atoms with van der Waals surface area (Å²) in [6.45, 7) is 1.98. The fourth-order valence-corrected chi connectivity index (χ4v) is 3.26. The number of hydrogen-bond donors (Lipinski definition) is 0. The summed E-state index contributed by atoms with van der Waals surface area (Å²) in [5.41, 5.74) is 3.93. The molecule has 132 valence electrons. The minimum absolute atomic E-state index is 0.0268. The van der Waals surface area contributed by atoms with Gasteiger partial charge in [-0.3, -0.25) is 4.79 Å². The number of carbonyl (C=O) groups is 1. The fourth-order valence-electron chi connectivity index (χ4n) is 2.90. The second-order valence-corrected chi connectivity index (χ2v) is 6.87. The van der Waals surface area contributed by atoms with Gasteiger partial charge in [-0.15, -0.1) is 0 Å². The highest BCUT2D eigenvalue weighted by atomic mass is 79.9. The summed E-state index contributed by atoms with van der Waals surface area (Å²) in [7, 11) is 3.23. The Morgan fingerprint density at radius 3 is 2.38 bits per heavy atom. The van der Waals surface area contributed by atoms with Gasteiger partial charge in [0, 0.05) is 21.2 Å². The normalized spacial score (nSPS) is 10.5. The Bertz CT molecular complexity index is 963. The molecule has 0 saturated heterocycles. The molecule has 0 spiro atoms. The minimum atomic E-state index is -0.0268. The van der Waals surface area contributed by atoms with Crippen LogP contribution in [0.4, 0.5) is 0 Å². The van der Waals surface area contributed by atoms with Gasteiger partial charge in [0.05, 0.1) is 14.2 Å². The molecule has 0 radical (unpaired) electrons. The van der Waals surface area contributed by atoms with E-state index in [9.17, 15) is 4.79 Å². The lowest BCUT2D eigenvalue weighted by Gasteiger charge is -2.15. The Labute approximate surface area is 161 Å². The van der Waals surface area contributed by atoms with Crippen LogP contribution in [-0.4, -0.2) is 20.0 Å². The average molecular weight is 411 g/mol. The average Bonchev–Trinajstić information content (AvgIpc) is 2.66.